The molecule has 0 amide bonds. The van der Waals surface area contributed by atoms with E-state index >= 15 is 0 Å². The molecule has 0 aliphatic carbocycles. The van der Waals surface area contributed by atoms with E-state index in [1.54, 1.807) is 26.0 Å². The van der Waals surface area contributed by atoms with E-state index in [-0.39, 0.29) is 11.7 Å². The molecule has 99 valence electrons. The molecule has 0 bridgehead atoms. The van der Waals surface area contributed by atoms with Gasteiger partial charge in [0.25, 0.3) is 0 Å². The van der Waals surface area contributed by atoms with Gasteiger partial charge in [-0.25, -0.2) is 9.90 Å². The Labute approximate surface area is 106 Å². The van der Waals surface area contributed by atoms with Crippen LogP contribution >= 0.6 is 7.60 Å². The minimum atomic E-state index is -3.14. The van der Waals surface area contributed by atoms with Crippen LogP contribution < -0.4 is 0 Å². The maximum atomic E-state index is 12.2. The molecule has 0 aromatic heterocycles. The van der Waals surface area contributed by atoms with Crippen molar-refractivity contribution in [3.8, 4) is 0 Å². The Kier molecular flexibility index (Phi) is 5.54. The van der Waals surface area contributed by atoms with Crippen molar-refractivity contribution < 1.29 is 23.5 Å². The lowest BCUT2D eigenvalue weighted by molar-refractivity contribution is 0.0573. The summed E-state index contributed by atoms with van der Waals surface area (Å²) < 4.78 is 22.5. The molecule has 0 unspecified atom stereocenters. The number of hydrogen-bond donors (Lipinski definition) is 0. The number of hydrogen-bond acceptors (Lipinski definition) is 4. The van der Waals surface area contributed by atoms with E-state index in [0.29, 0.717) is 18.8 Å². The summed E-state index contributed by atoms with van der Waals surface area (Å²) in [6.07, 6.45) is 0.127. The average Bonchev–Trinajstić information content (AvgIpc) is 2.30. The maximum absolute atomic E-state index is 12.2. The van der Waals surface area contributed by atoms with Gasteiger partial charge in [0, 0.05) is 0 Å². The zero-order valence-electron chi connectivity index (χ0n) is 10.4. The van der Waals surface area contributed by atoms with Crippen LogP contribution in [-0.2, 0) is 24.9 Å². The average molecular weight is 271 g/mol. The molecular weight excluding hydrogens is 255 g/mol. The van der Waals surface area contributed by atoms with Crippen molar-refractivity contribution in [1.82, 2.24) is 0 Å². The smallest absolute Gasteiger partial charge is 0.309 e. The van der Waals surface area contributed by atoms with Crippen LogP contribution in [0.15, 0.2) is 24.3 Å². The Hall–Kier alpha value is -1.16. The molecule has 0 saturated carbocycles. The maximum Gasteiger partial charge on any atom is 0.386 e. The molecule has 0 spiro atoms. The molecular formula is C12H16O5P. The topological polar surface area (TPSA) is 72.5 Å². The van der Waals surface area contributed by atoms with Crippen molar-refractivity contribution in [2.45, 2.75) is 20.0 Å². The van der Waals surface area contributed by atoms with E-state index in [9.17, 15) is 14.5 Å². The molecule has 5 nitrogen and oxygen atoms in total. The van der Waals surface area contributed by atoms with Crippen molar-refractivity contribution in [2.24, 2.45) is 0 Å². The van der Waals surface area contributed by atoms with Crippen molar-refractivity contribution >= 4 is 13.6 Å². The van der Waals surface area contributed by atoms with Gasteiger partial charge >= 0.3 is 13.6 Å². The van der Waals surface area contributed by atoms with Gasteiger partial charge in [0.15, 0.2) is 0 Å². The summed E-state index contributed by atoms with van der Waals surface area (Å²) in [6, 6.07) is 5.98. The van der Waals surface area contributed by atoms with Crippen molar-refractivity contribution in [2.75, 3.05) is 13.2 Å². The summed E-state index contributed by atoms with van der Waals surface area (Å²) in [4.78, 5) is 10.6. The fourth-order valence-electron chi connectivity index (χ4n) is 1.49. The second-order valence-corrected chi connectivity index (χ2v) is 5.64. The van der Waals surface area contributed by atoms with Gasteiger partial charge in [-0.3, -0.25) is 4.57 Å². The standard InChI is InChI=1S/C12H16O5P/c1-3-16-18(15,17-4-2)9-10-5-7-11(8-6-10)12(13)14/h5-8H,3-4,9H2,1-2H3. The summed E-state index contributed by atoms with van der Waals surface area (Å²) in [5.74, 6) is -1.24. The van der Waals surface area contributed by atoms with Crippen LogP contribution in [0, 0.1) is 0 Å². The van der Waals surface area contributed by atoms with Gasteiger partial charge in [-0.2, -0.15) is 0 Å². The third kappa shape index (κ3) is 4.26. The first-order valence-electron chi connectivity index (χ1n) is 5.69. The molecule has 1 rings (SSSR count). The van der Waals surface area contributed by atoms with Crippen LogP contribution in [0.4, 0.5) is 0 Å². The SMILES string of the molecule is CCOP(=O)(Cc1ccc(C([O])=O)cc1)OCC. The summed E-state index contributed by atoms with van der Waals surface area (Å²) >= 11 is 0. The quantitative estimate of drug-likeness (QED) is 0.714. The van der Waals surface area contributed by atoms with E-state index in [2.05, 4.69) is 0 Å². The van der Waals surface area contributed by atoms with E-state index in [1.165, 1.54) is 12.1 Å². The van der Waals surface area contributed by atoms with Gasteiger partial charge in [-0.15, -0.1) is 0 Å². The number of carbonyl (C=O) groups excluding carboxylic acids is 1. The second kappa shape index (κ2) is 6.69. The number of benzene rings is 1. The van der Waals surface area contributed by atoms with Crippen molar-refractivity contribution in [3.05, 3.63) is 35.4 Å². The molecule has 0 aliphatic rings. The lowest BCUT2D eigenvalue weighted by Gasteiger charge is -2.16. The molecule has 0 aliphatic heterocycles. The lowest BCUT2D eigenvalue weighted by atomic mass is 10.1. The van der Waals surface area contributed by atoms with Crippen molar-refractivity contribution in [3.63, 3.8) is 0 Å². The van der Waals surface area contributed by atoms with Gasteiger partial charge in [-0.1, -0.05) is 12.1 Å². The molecule has 0 N–H and O–H groups in total. The summed E-state index contributed by atoms with van der Waals surface area (Å²) in [5.41, 5.74) is 0.784. The number of rotatable bonds is 7. The van der Waals surface area contributed by atoms with Gasteiger partial charge in [-0.05, 0) is 31.5 Å². The highest BCUT2D eigenvalue weighted by molar-refractivity contribution is 7.53. The van der Waals surface area contributed by atoms with Gasteiger partial charge < -0.3 is 9.05 Å². The molecule has 1 aromatic carbocycles. The van der Waals surface area contributed by atoms with E-state index in [4.69, 9.17) is 9.05 Å². The van der Waals surface area contributed by atoms with E-state index < -0.39 is 13.6 Å². The molecule has 0 saturated heterocycles. The Balaban J connectivity index is 2.81. The first kappa shape index (κ1) is 14.9. The van der Waals surface area contributed by atoms with Crippen molar-refractivity contribution in [1.29, 1.82) is 0 Å². The van der Waals surface area contributed by atoms with E-state index in [0.717, 1.165) is 0 Å². The molecule has 0 atom stereocenters. The molecule has 1 radical (unpaired) electrons. The Bertz CT molecular complexity index is 430. The largest absolute Gasteiger partial charge is 0.386 e. The minimum Gasteiger partial charge on any atom is -0.309 e. The molecule has 6 heteroatoms. The van der Waals surface area contributed by atoms with Crippen LogP contribution in [0.2, 0.25) is 0 Å². The van der Waals surface area contributed by atoms with Gasteiger partial charge in [0.2, 0.25) is 0 Å². The lowest BCUT2D eigenvalue weighted by Crippen LogP contribution is -2.00. The highest BCUT2D eigenvalue weighted by Gasteiger charge is 2.24. The monoisotopic (exact) mass is 271 g/mol. The third-order valence-corrected chi connectivity index (χ3v) is 4.27. The summed E-state index contributed by atoms with van der Waals surface area (Å²) in [5, 5.41) is 10.6. The predicted octanol–water partition coefficient (Wildman–Crippen LogP) is 3.02. The molecule has 0 fully saturated rings. The highest BCUT2D eigenvalue weighted by atomic mass is 31.2. The zero-order valence-corrected chi connectivity index (χ0v) is 11.3. The normalized spacial score (nSPS) is 11.4. The van der Waals surface area contributed by atoms with Crippen LogP contribution in [-0.4, -0.2) is 19.2 Å². The Morgan fingerprint density at radius 1 is 1.11 bits per heavy atom. The highest BCUT2D eigenvalue weighted by Crippen LogP contribution is 2.51. The van der Waals surface area contributed by atoms with Crippen LogP contribution in [0.5, 0.6) is 0 Å². The molecule has 18 heavy (non-hydrogen) atoms. The Morgan fingerprint density at radius 2 is 1.61 bits per heavy atom. The van der Waals surface area contributed by atoms with Crippen LogP contribution in [0.1, 0.15) is 29.8 Å². The zero-order chi connectivity index (χ0) is 13.6. The van der Waals surface area contributed by atoms with E-state index in [1.807, 2.05) is 0 Å². The first-order chi connectivity index (χ1) is 8.50. The third-order valence-electron chi connectivity index (χ3n) is 2.22. The predicted molar refractivity (Wildman–Crippen MR) is 66.0 cm³/mol. The van der Waals surface area contributed by atoms with Crippen LogP contribution in [0.25, 0.3) is 0 Å². The summed E-state index contributed by atoms with van der Waals surface area (Å²) in [7, 11) is -3.14. The fourth-order valence-corrected chi connectivity index (χ4v) is 3.19. The Morgan fingerprint density at radius 3 is 2.00 bits per heavy atom. The first-order valence-corrected chi connectivity index (χ1v) is 7.42. The molecule has 1 aromatic rings. The van der Waals surface area contributed by atoms with Crippen LogP contribution in [0.3, 0.4) is 0 Å². The fraction of sp³-hybridized carbons (Fsp3) is 0.417. The second-order valence-electron chi connectivity index (χ2n) is 3.59. The number of carbonyl (C=O) groups is 1. The molecule has 0 heterocycles. The van der Waals surface area contributed by atoms with Gasteiger partial charge in [0.05, 0.1) is 24.9 Å². The minimum absolute atomic E-state index is 0.0846. The van der Waals surface area contributed by atoms with Gasteiger partial charge in [0.1, 0.15) is 0 Å². The summed E-state index contributed by atoms with van der Waals surface area (Å²) in [6.45, 7) is 4.08.